The fraction of sp³-hybridized carbons (Fsp3) is 0.308. The molecule has 5 nitrogen and oxygen atoms in total. The van der Waals surface area contributed by atoms with E-state index in [-0.39, 0.29) is 12.1 Å². The van der Waals surface area contributed by atoms with Gasteiger partial charge >= 0.3 is 7.60 Å². The van der Waals surface area contributed by atoms with Crippen LogP contribution in [0, 0.1) is 0 Å². The Morgan fingerprint density at radius 2 is 1.89 bits per heavy atom. The van der Waals surface area contributed by atoms with Gasteiger partial charge in [-0.05, 0) is 11.6 Å². The maximum absolute atomic E-state index is 12.2. The first-order valence-corrected chi connectivity index (χ1v) is 7.54. The molecule has 19 heavy (non-hydrogen) atoms. The van der Waals surface area contributed by atoms with Crippen molar-refractivity contribution in [2.45, 2.75) is 13.1 Å². The van der Waals surface area contributed by atoms with E-state index in [1.807, 2.05) is 24.3 Å². The zero-order valence-corrected chi connectivity index (χ0v) is 12.0. The minimum absolute atomic E-state index is 0.0906. The fourth-order valence-electron chi connectivity index (χ4n) is 2.05. The molecule has 1 aromatic heterocycles. The van der Waals surface area contributed by atoms with Crippen LogP contribution in [-0.2, 0) is 19.8 Å². The summed E-state index contributed by atoms with van der Waals surface area (Å²) < 4.78 is 23.6. The molecule has 0 aliphatic heterocycles. The van der Waals surface area contributed by atoms with Crippen LogP contribution in [0.15, 0.2) is 30.5 Å². The quantitative estimate of drug-likeness (QED) is 0.807. The average Bonchev–Trinajstić information content (AvgIpc) is 2.78. The van der Waals surface area contributed by atoms with Crippen molar-refractivity contribution in [3.63, 3.8) is 0 Å². The number of nitrogens with zero attached hydrogens (tertiary/aromatic N) is 1. The molecule has 0 bridgehead atoms. The van der Waals surface area contributed by atoms with Crippen LogP contribution in [0.1, 0.15) is 17.3 Å². The van der Waals surface area contributed by atoms with Gasteiger partial charge in [-0.15, -0.1) is 0 Å². The van der Waals surface area contributed by atoms with Crippen molar-refractivity contribution in [3.05, 3.63) is 36.0 Å². The predicted octanol–water partition coefficient (Wildman–Crippen LogP) is 3.29. The van der Waals surface area contributed by atoms with Gasteiger partial charge < -0.3 is 9.05 Å². The van der Waals surface area contributed by atoms with E-state index in [9.17, 15) is 9.36 Å². The first-order valence-electron chi connectivity index (χ1n) is 5.81. The second-order valence-corrected chi connectivity index (χ2v) is 6.46. The average molecular weight is 281 g/mol. The molecule has 1 heterocycles. The van der Waals surface area contributed by atoms with E-state index in [1.165, 1.54) is 21.1 Å². The van der Waals surface area contributed by atoms with Gasteiger partial charge in [-0.25, -0.2) is 0 Å². The number of carbonyl (C=O) groups excluding carboxylic acids is 1. The molecule has 2 aromatic rings. The molecule has 0 radical (unpaired) electrons. The molecule has 0 amide bonds. The van der Waals surface area contributed by atoms with Crippen molar-refractivity contribution < 1.29 is 18.4 Å². The molecule has 0 saturated carbocycles. The predicted molar refractivity (Wildman–Crippen MR) is 73.6 cm³/mol. The Kier molecular flexibility index (Phi) is 3.90. The third-order valence-corrected chi connectivity index (χ3v) is 4.89. The summed E-state index contributed by atoms with van der Waals surface area (Å²) in [7, 11) is -0.438. The number of para-hydroxylation sites is 1. The standard InChI is InChI=1S/C13H16NO4P/c1-10(15)14-8-11(9-19(16,17-2)18-3)12-6-4-5-7-13(12)14/h4-8H,9H2,1-3H3. The Bertz CT molecular complexity index is 654. The molecule has 0 N–H and O–H groups in total. The Hall–Kier alpha value is -1.42. The molecule has 0 saturated heterocycles. The molecule has 102 valence electrons. The lowest BCUT2D eigenvalue weighted by Gasteiger charge is -2.12. The number of hydrogen-bond acceptors (Lipinski definition) is 4. The van der Waals surface area contributed by atoms with Crippen LogP contribution in [0.2, 0.25) is 0 Å². The summed E-state index contributed by atoms with van der Waals surface area (Å²) in [5, 5.41) is 0.882. The number of fused-ring (bicyclic) bond motifs is 1. The lowest BCUT2D eigenvalue weighted by molar-refractivity contribution is 0.0941. The van der Waals surface area contributed by atoms with Crippen molar-refractivity contribution in [1.29, 1.82) is 0 Å². The van der Waals surface area contributed by atoms with Crippen LogP contribution < -0.4 is 0 Å². The molecule has 0 spiro atoms. The summed E-state index contributed by atoms with van der Waals surface area (Å²) in [5.74, 6) is -0.0906. The molecular formula is C13H16NO4P. The lowest BCUT2D eigenvalue weighted by Crippen LogP contribution is -2.02. The third kappa shape index (κ3) is 2.63. The topological polar surface area (TPSA) is 57.5 Å². The first-order chi connectivity index (χ1) is 9.00. The largest absolute Gasteiger partial charge is 0.334 e. The van der Waals surface area contributed by atoms with Crippen molar-refractivity contribution in [3.8, 4) is 0 Å². The van der Waals surface area contributed by atoms with Crippen LogP contribution in [0.25, 0.3) is 10.9 Å². The summed E-state index contributed by atoms with van der Waals surface area (Å²) in [6.45, 7) is 1.49. The summed E-state index contributed by atoms with van der Waals surface area (Å²) in [6, 6.07) is 7.48. The van der Waals surface area contributed by atoms with Gasteiger partial charge in [-0.2, -0.15) is 0 Å². The van der Waals surface area contributed by atoms with Gasteiger partial charge in [-0.3, -0.25) is 13.9 Å². The first kappa shape index (κ1) is 14.0. The zero-order valence-electron chi connectivity index (χ0n) is 11.1. The normalized spacial score (nSPS) is 11.9. The van der Waals surface area contributed by atoms with Crippen molar-refractivity contribution >= 4 is 24.4 Å². The molecular weight excluding hydrogens is 265 g/mol. The maximum atomic E-state index is 12.2. The van der Waals surface area contributed by atoms with Gasteiger partial charge in [0, 0.05) is 32.7 Å². The molecule has 2 rings (SSSR count). The number of aromatic nitrogens is 1. The van der Waals surface area contributed by atoms with E-state index < -0.39 is 7.60 Å². The van der Waals surface area contributed by atoms with Gasteiger partial charge in [0.1, 0.15) is 0 Å². The second-order valence-electron chi connectivity index (χ2n) is 4.19. The Balaban J connectivity index is 2.56. The number of rotatable bonds is 4. The maximum Gasteiger partial charge on any atom is 0.334 e. The van der Waals surface area contributed by atoms with Crippen LogP contribution >= 0.6 is 7.60 Å². The highest BCUT2D eigenvalue weighted by Crippen LogP contribution is 2.50. The van der Waals surface area contributed by atoms with Gasteiger partial charge in [0.25, 0.3) is 0 Å². The number of benzene rings is 1. The third-order valence-electron chi connectivity index (χ3n) is 3.05. The molecule has 0 fully saturated rings. The van der Waals surface area contributed by atoms with Crippen molar-refractivity contribution in [1.82, 2.24) is 4.57 Å². The minimum atomic E-state index is -3.15. The fourth-order valence-corrected chi connectivity index (χ4v) is 3.13. The van der Waals surface area contributed by atoms with Crippen molar-refractivity contribution in [2.75, 3.05) is 14.2 Å². The summed E-state index contributed by atoms with van der Waals surface area (Å²) in [5.41, 5.74) is 1.57. The second kappa shape index (κ2) is 5.29. The summed E-state index contributed by atoms with van der Waals surface area (Å²) in [6.07, 6.45) is 1.83. The summed E-state index contributed by atoms with van der Waals surface area (Å²) >= 11 is 0. The molecule has 1 aromatic carbocycles. The van der Waals surface area contributed by atoms with Crippen LogP contribution in [0.5, 0.6) is 0 Å². The monoisotopic (exact) mass is 281 g/mol. The van der Waals surface area contributed by atoms with Crippen LogP contribution in [-0.4, -0.2) is 24.7 Å². The lowest BCUT2D eigenvalue weighted by atomic mass is 10.2. The van der Waals surface area contributed by atoms with E-state index in [1.54, 1.807) is 10.8 Å². The minimum Gasteiger partial charge on any atom is -0.312 e. The smallest absolute Gasteiger partial charge is 0.312 e. The Morgan fingerprint density at radius 3 is 2.47 bits per heavy atom. The molecule has 0 aliphatic carbocycles. The Morgan fingerprint density at radius 1 is 1.26 bits per heavy atom. The summed E-state index contributed by atoms with van der Waals surface area (Å²) in [4.78, 5) is 11.6. The van der Waals surface area contributed by atoms with E-state index in [4.69, 9.17) is 9.05 Å². The van der Waals surface area contributed by atoms with Crippen molar-refractivity contribution in [2.24, 2.45) is 0 Å². The molecule has 0 aliphatic rings. The highest BCUT2D eigenvalue weighted by molar-refractivity contribution is 7.53. The highest BCUT2D eigenvalue weighted by atomic mass is 31.2. The van der Waals surface area contributed by atoms with E-state index in [0.717, 1.165) is 16.5 Å². The van der Waals surface area contributed by atoms with Gasteiger partial charge in [0.15, 0.2) is 0 Å². The Labute approximate surface area is 111 Å². The van der Waals surface area contributed by atoms with Crippen LogP contribution in [0.3, 0.4) is 0 Å². The molecule has 0 unspecified atom stereocenters. The van der Waals surface area contributed by atoms with E-state index in [2.05, 4.69) is 0 Å². The van der Waals surface area contributed by atoms with Gasteiger partial charge in [-0.1, -0.05) is 18.2 Å². The van der Waals surface area contributed by atoms with E-state index >= 15 is 0 Å². The SMILES string of the molecule is COP(=O)(Cc1cn(C(C)=O)c2ccccc12)OC. The molecule has 0 atom stereocenters. The molecule has 6 heteroatoms. The zero-order chi connectivity index (χ0) is 14.0. The number of hydrogen-bond donors (Lipinski definition) is 0. The highest BCUT2D eigenvalue weighted by Gasteiger charge is 2.24. The van der Waals surface area contributed by atoms with E-state index in [0.29, 0.717) is 0 Å². The number of carbonyl (C=O) groups is 1. The van der Waals surface area contributed by atoms with Crippen LogP contribution in [0.4, 0.5) is 0 Å². The van der Waals surface area contributed by atoms with Gasteiger partial charge in [0.2, 0.25) is 5.91 Å². The van der Waals surface area contributed by atoms with Gasteiger partial charge in [0.05, 0.1) is 11.7 Å².